The Kier molecular flexibility index (Phi) is 5.65. The van der Waals surface area contributed by atoms with E-state index in [0.717, 1.165) is 46.4 Å². The third-order valence-corrected chi connectivity index (χ3v) is 5.55. The molecule has 6 heteroatoms. The molecule has 156 valence electrons. The summed E-state index contributed by atoms with van der Waals surface area (Å²) in [5, 5.41) is 1.07. The molecular formula is C24H26N2O4. The molecule has 1 aliphatic heterocycles. The number of aromatic nitrogens is 1. The molecule has 0 fully saturated rings. The van der Waals surface area contributed by atoms with Gasteiger partial charge in [-0.3, -0.25) is 4.79 Å². The fourth-order valence-electron chi connectivity index (χ4n) is 4.02. The first-order chi connectivity index (χ1) is 14.7. The second-order valence-corrected chi connectivity index (χ2v) is 7.19. The van der Waals surface area contributed by atoms with Gasteiger partial charge in [0, 0.05) is 23.6 Å². The highest BCUT2D eigenvalue weighted by Gasteiger charge is 2.26. The Morgan fingerprint density at radius 1 is 1.17 bits per heavy atom. The zero-order valence-corrected chi connectivity index (χ0v) is 17.5. The number of aromatic amines is 1. The third kappa shape index (κ3) is 3.61. The van der Waals surface area contributed by atoms with Crippen molar-refractivity contribution in [3.05, 3.63) is 59.3 Å². The molecule has 0 radical (unpaired) electrons. The van der Waals surface area contributed by atoms with Gasteiger partial charge in [-0.05, 0) is 60.4 Å². The van der Waals surface area contributed by atoms with Gasteiger partial charge in [-0.15, -0.1) is 0 Å². The van der Waals surface area contributed by atoms with Gasteiger partial charge in [0.2, 0.25) is 6.41 Å². The smallest absolute Gasteiger partial charge is 0.210 e. The second-order valence-electron chi connectivity index (χ2n) is 7.19. The fraction of sp³-hybridized carbons (Fsp3) is 0.292. The Morgan fingerprint density at radius 2 is 2.03 bits per heavy atom. The quantitative estimate of drug-likeness (QED) is 0.593. The average molecular weight is 406 g/mol. The van der Waals surface area contributed by atoms with Crippen LogP contribution in [-0.2, 0) is 11.2 Å². The number of rotatable bonds is 7. The molecule has 3 aromatic rings. The van der Waals surface area contributed by atoms with Gasteiger partial charge in [0.05, 0.1) is 26.9 Å². The molecule has 1 amide bonds. The number of nitrogens with zero attached hydrogens (tertiary/aromatic N) is 1. The predicted octanol–water partition coefficient (Wildman–Crippen LogP) is 4.35. The van der Waals surface area contributed by atoms with Crippen LogP contribution in [0.2, 0.25) is 0 Å². The molecule has 0 saturated carbocycles. The lowest BCUT2D eigenvalue weighted by molar-refractivity contribution is -0.119. The number of nitrogens with one attached hydrogen (secondary N) is 1. The molecule has 1 N–H and O–H groups in total. The molecule has 1 aliphatic rings. The number of carbonyl (C=O) groups excluding carboxylic acids is 1. The summed E-state index contributed by atoms with van der Waals surface area (Å²) < 4.78 is 16.6. The Balaban J connectivity index is 1.74. The van der Waals surface area contributed by atoms with Crippen LogP contribution in [0.15, 0.2) is 42.6 Å². The van der Waals surface area contributed by atoms with E-state index in [4.69, 9.17) is 14.2 Å². The van der Waals surface area contributed by atoms with Gasteiger partial charge in [-0.2, -0.15) is 0 Å². The topological polar surface area (TPSA) is 63.8 Å². The number of benzene rings is 2. The van der Waals surface area contributed by atoms with E-state index in [-0.39, 0.29) is 6.04 Å². The van der Waals surface area contributed by atoms with E-state index in [1.807, 2.05) is 48.4 Å². The Hall–Kier alpha value is -3.41. The van der Waals surface area contributed by atoms with Crippen molar-refractivity contribution in [3.63, 3.8) is 0 Å². The molecule has 1 atom stereocenters. The van der Waals surface area contributed by atoms with Crippen LogP contribution in [0, 0.1) is 0 Å². The highest BCUT2D eigenvalue weighted by Crippen LogP contribution is 2.39. The maximum Gasteiger partial charge on any atom is 0.210 e. The Morgan fingerprint density at radius 3 is 2.77 bits per heavy atom. The van der Waals surface area contributed by atoms with E-state index in [2.05, 4.69) is 17.1 Å². The summed E-state index contributed by atoms with van der Waals surface area (Å²) in [5.41, 5.74) is 4.31. The van der Waals surface area contributed by atoms with E-state index in [9.17, 15) is 4.79 Å². The molecule has 1 aromatic heterocycles. The SMILES string of the molecule is CCOc1cc2c(cc1OC)CCN(C=O)[C@@H]2/C=C/c1c[nH]c2ccc(OC)cc12. The number of methoxy groups -OCH3 is 2. The van der Waals surface area contributed by atoms with Crippen LogP contribution in [0.4, 0.5) is 0 Å². The molecule has 0 bridgehead atoms. The molecule has 0 unspecified atom stereocenters. The summed E-state index contributed by atoms with van der Waals surface area (Å²) >= 11 is 0. The first-order valence-electron chi connectivity index (χ1n) is 10.1. The van der Waals surface area contributed by atoms with Crippen molar-refractivity contribution in [1.82, 2.24) is 9.88 Å². The molecule has 2 heterocycles. The highest BCUT2D eigenvalue weighted by molar-refractivity contribution is 5.90. The number of hydrogen-bond donors (Lipinski definition) is 1. The first kappa shape index (κ1) is 19.9. The maximum absolute atomic E-state index is 11.8. The lowest BCUT2D eigenvalue weighted by atomic mass is 9.91. The standard InChI is InChI=1S/C24H26N2O4/c1-4-30-24-13-20-16(11-23(24)29-3)9-10-26(15-27)22(20)8-5-17-14-25-21-7-6-18(28-2)12-19(17)21/h5-8,11-15,22,25H,4,9-10H2,1-3H3/b8-5+/t22-/m1/s1. The minimum atomic E-state index is -0.174. The van der Waals surface area contributed by atoms with E-state index in [0.29, 0.717) is 18.9 Å². The molecule has 0 saturated heterocycles. The normalized spacial score (nSPS) is 16.0. The summed E-state index contributed by atoms with van der Waals surface area (Å²) in [5.74, 6) is 2.23. The van der Waals surface area contributed by atoms with Crippen molar-refractivity contribution in [1.29, 1.82) is 0 Å². The molecule has 30 heavy (non-hydrogen) atoms. The molecular weight excluding hydrogens is 380 g/mol. The lowest BCUT2D eigenvalue weighted by Crippen LogP contribution is -2.33. The molecule has 0 spiro atoms. The van der Waals surface area contributed by atoms with E-state index in [1.165, 1.54) is 5.56 Å². The number of carbonyl (C=O) groups is 1. The van der Waals surface area contributed by atoms with Crippen LogP contribution in [0.3, 0.4) is 0 Å². The van der Waals surface area contributed by atoms with Gasteiger partial charge in [0.15, 0.2) is 11.5 Å². The van der Waals surface area contributed by atoms with Gasteiger partial charge in [-0.25, -0.2) is 0 Å². The molecule has 2 aromatic carbocycles. The maximum atomic E-state index is 11.8. The highest BCUT2D eigenvalue weighted by atomic mass is 16.5. The number of hydrogen-bond acceptors (Lipinski definition) is 4. The lowest BCUT2D eigenvalue weighted by Gasteiger charge is -2.33. The molecule has 0 aliphatic carbocycles. The zero-order valence-electron chi connectivity index (χ0n) is 17.5. The minimum Gasteiger partial charge on any atom is -0.497 e. The van der Waals surface area contributed by atoms with Crippen molar-refractivity contribution in [2.75, 3.05) is 27.4 Å². The summed E-state index contributed by atoms with van der Waals surface area (Å²) in [6.45, 7) is 3.15. The van der Waals surface area contributed by atoms with E-state index < -0.39 is 0 Å². The number of ether oxygens (including phenoxy) is 3. The Labute approximate surface area is 176 Å². The predicted molar refractivity (Wildman–Crippen MR) is 117 cm³/mol. The van der Waals surface area contributed by atoms with Crippen molar-refractivity contribution in [2.24, 2.45) is 0 Å². The summed E-state index contributed by atoms with van der Waals surface area (Å²) in [6.07, 6.45) is 7.79. The van der Waals surface area contributed by atoms with Crippen molar-refractivity contribution in [3.8, 4) is 17.2 Å². The van der Waals surface area contributed by atoms with Crippen LogP contribution < -0.4 is 14.2 Å². The number of H-pyrrole nitrogens is 1. The monoisotopic (exact) mass is 406 g/mol. The fourth-order valence-corrected chi connectivity index (χ4v) is 4.02. The van der Waals surface area contributed by atoms with E-state index in [1.54, 1.807) is 14.2 Å². The van der Waals surface area contributed by atoms with Gasteiger partial charge in [0.1, 0.15) is 5.75 Å². The van der Waals surface area contributed by atoms with Gasteiger partial charge < -0.3 is 24.1 Å². The second kappa shape index (κ2) is 8.53. The van der Waals surface area contributed by atoms with Crippen LogP contribution in [0.1, 0.15) is 29.7 Å². The van der Waals surface area contributed by atoms with Gasteiger partial charge in [0.25, 0.3) is 0 Å². The summed E-state index contributed by atoms with van der Waals surface area (Å²) in [4.78, 5) is 16.9. The van der Waals surface area contributed by atoms with Crippen LogP contribution >= 0.6 is 0 Å². The first-order valence-corrected chi connectivity index (χ1v) is 10.1. The third-order valence-electron chi connectivity index (χ3n) is 5.55. The van der Waals surface area contributed by atoms with Crippen LogP contribution in [0.25, 0.3) is 17.0 Å². The summed E-state index contributed by atoms with van der Waals surface area (Å²) in [6, 6.07) is 9.79. The number of fused-ring (bicyclic) bond motifs is 2. The van der Waals surface area contributed by atoms with E-state index >= 15 is 0 Å². The summed E-state index contributed by atoms with van der Waals surface area (Å²) in [7, 11) is 3.31. The van der Waals surface area contributed by atoms with Crippen molar-refractivity contribution >= 4 is 23.4 Å². The minimum absolute atomic E-state index is 0.174. The number of amides is 1. The van der Waals surface area contributed by atoms with Crippen molar-refractivity contribution in [2.45, 2.75) is 19.4 Å². The molecule has 4 rings (SSSR count). The molecule has 6 nitrogen and oxygen atoms in total. The van der Waals surface area contributed by atoms with Gasteiger partial charge in [-0.1, -0.05) is 12.2 Å². The van der Waals surface area contributed by atoms with Gasteiger partial charge >= 0.3 is 0 Å². The van der Waals surface area contributed by atoms with Crippen LogP contribution in [-0.4, -0.2) is 43.7 Å². The van der Waals surface area contributed by atoms with Crippen LogP contribution in [0.5, 0.6) is 17.2 Å². The largest absolute Gasteiger partial charge is 0.497 e. The Bertz CT molecular complexity index is 1090. The zero-order chi connectivity index (χ0) is 21.1. The van der Waals surface area contributed by atoms with Crippen molar-refractivity contribution < 1.29 is 19.0 Å². The average Bonchev–Trinajstić information content (AvgIpc) is 3.19.